The summed E-state index contributed by atoms with van der Waals surface area (Å²) in [6, 6.07) is 11.1. The van der Waals surface area contributed by atoms with Crippen LogP contribution in [0.1, 0.15) is 12.5 Å². The van der Waals surface area contributed by atoms with Crippen LogP contribution in [-0.4, -0.2) is 7.05 Å². The van der Waals surface area contributed by atoms with Crippen molar-refractivity contribution in [3.05, 3.63) is 29.8 Å². The first-order valence-electron chi connectivity index (χ1n) is 3.77. The summed E-state index contributed by atoms with van der Waals surface area (Å²) in [5.74, 6) is 0. The van der Waals surface area contributed by atoms with Gasteiger partial charge in [0.05, 0.1) is 17.7 Å². The van der Waals surface area contributed by atoms with E-state index >= 15 is 0 Å². The molecule has 0 aromatic heterocycles. The first kappa shape index (κ1) is 11.0. The average molecular weight is 173 g/mol. The molecule has 0 radical (unpaired) electrons. The van der Waals surface area contributed by atoms with Gasteiger partial charge in [-0.25, -0.2) is 0 Å². The zero-order chi connectivity index (χ0) is 10.1. The molecule has 3 nitrogen and oxygen atoms in total. The molecule has 66 valence electrons. The third-order valence-corrected chi connectivity index (χ3v) is 1.30. The van der Waals surface area contributed by atoms with E-state index in [2.05, 4.69) is 11.4 Å². The van der Waals surface area contributed by atoms with Crippen LogP contribution >= 0.6 is 0 Å². The van der Waals surface area contributed by atoms with Crippen molar-refractivity contribution in [1.29, 1.82) is 10.5 Å². The molecule has 1 rings (SSSR count). The number of anilines is 1. The number of rotatable bonds is 1. The van der Waals surface area contributed by atoms with Crippen LogP contribution in [0.25, 0.3) is 0 Å². The van der Waals surface area contributed by atoms with E-state index in [1.54, 1.807) is 18.2 Å². The van der Waals surface area contributed by atoms with Crippen molar-refractivity contribution in [2.45, 2.75) is 6.92 Å². The Morgan fingerprint density at radius 3 is 1.92 bits per heavy atom. The second-order valence-corrected chi connectivity index (χ2v) is 2.16. The Kier molecular flexibility index (Phi) is 5.66. The standard InChI is InChI=1S/C8H8N2.C2H3N/c1-10-8-4-2-7(6-9)3-5-8;1-2-3/h2-5,10H,1H3;1H3. The van der Waals surface area contributed by atoms with Gasteiger partial charge in [0.15, 0.2) is 0 Å². The molecule has 0 unspecified atom stereocenters. The summed E-state index contributed by atoms with van der Waals surface area (Å²) in [5, 5.41) is 18.7. The predicted octanol–water partition coefficient (Wildman–Crippen LogP) is 2.13. The van der Waals surface area contributed by atoms with Gasteiger partial charge in [-0.3, -0.25) is 0 Å². The number of nitrogens with one attached hydrogen (secondary N) is 1. The van der Waals surface area contributed by atoms with Crippen LogP contribution in [0, 0.1) is 22.7 Å². The average Bonchev–Trinajstić information content (AvgIpc) is 2.19. The van der Waals surface area contributed by atoms with Crippen LogP contribution in [0.4, 0.5) is 5.69 Å². The highest BCUT2D eigenvalue weighted by Crippen LogP contribution is 2.06. The maximum Gasteiger partial charge on any atom is 0.0991 e. The van der Waals surface area contributed by atoms with Crippen LogP contribution < -0.4 is 5.32 Å². The minimum Gasteiger partial charge on any atom is -0.388 e. The van der Waals surface area contributed by atoms with Crippen LogP contribution in [0.15, 0.2) is 24.3 Å². The van der Waals surface area contributed by atoms with Gasteiger partial charge in [0.25, 0.3) is 0 Å². The molecular weight excluding hydrogens is 162 g/mol. The molecule has 3 heteroatoms. The lowest BCUT2D eigenvalue weighted by Gasteiger charge is -1.96. The van der Waals surface area contributed by atoms with Crippen molar-refractivity contribution in [2.75, 3.05) is 12.4 Å². The zero-order valence-corrected chi connectivity index (χ0v) is 7.70. The highest BCUT2D eigenvalue weighted by atomic mass is 14.8. The van der Waals surface area contributed by atoms with Crippen LogP contribution in [0.5, 0.6) is 0 Å². The smallest absolute Gasteiger partial charge is 0.0991 e. The third kappa shape index (κ3) is 4.44. The Morgan fingerprint density at radius 2 is 1.62 bits per heavy atom. The number of benzene rings is 1. The molecule has 1 aromatic carbocycles. The molecule has 0 aliphatic rings. The van der Waals surface area contributed by atoms with E-state index in [9.17, 15) is 0 Å². The lowest BCUT2D eigenvalue weighted by Crippen LogP contribution is -1.86. The van der Waals surface area contributed by atoms with Crippen molar-refractivity contribution in [3.8, 4) is 12.1 Å². The van der Waals surface area contributed by atoms with Crippen molar-refractivity contribution >= 4 is 5.69 Å². The van der Waals surface area contributed by atoms with Crippen LogP contribution in [-0.2, 0) is 0 Å². The molecule has 0 heterocycles. The van der Waals surface area contributed by atoms with Gasteiger partial charge in [-0.1, -0.05) is 0 Å². The maximum absolute atomic E-state index is 8.43. The number of hydrogen-bond donors (Lipinski definition) is 1. The fourth-order valence-electron chi connectivity index (χ4n) is 0.711. The van der Waals surface area contributed by atoms with Crippen molar-refractivity contribution in [2.24, 2.45) is 0 Å². The molecular formula is C10H11N3. The Bertz CT molecular complexity index is 314. The second kappa shape index (κ2) is 6.69. The molecule has 1 N–H and O–H groups in total. The minimum absolute atomic E-state index is 0.694. The Hall–Kier alpha value is -2.00. The molecule has 1 aromatic rings. The fraction of sp³-hybridized carbons (Fsp3) is 0.200. The predicted molar refractivity (Wildman–Crippen MR) is 52.0 cm³/mol. The molecule has 0 aliphatic heterocycles. The van der Waals surface area contributed by atoms with Gasteiger partial charge < -0.3 is 5.32 Å². The molecule has 0 aliphatic carbocycles. The highest BCUT2D eigenvalue weighted by Gasteiger charge is 1.87. The summed E-state index contributed by atoms with van der Waals surface area (Å²) in [6.45, 7) is 1.43. The van der Waals surface area contributed by atoms with Gasteiger partial charge in [0.2, 0.25) is 0 Å². The monoisotopic (exact) mass is 173 g/mol. The van der Waals surface area contributed by atoms with E-state index in [4.69, 9.17) is 10.5 Å². The summed E-state index contributed by atoms with van der Waals surface area (Å²) in [6.07, 6.45) is 0. The topological polar surface area (TPSA) is 59.6 Å². The van der Waals surface area contributed by atoms with Gasteiger partial charge >= 0.3 is 0 Å². The summed E-state index contributed by atoms with van der Waals surface area (Å²) in [7, 11) is 1.85. The molecule has 0 amide bonds. The maximum atomic E-state index is 8.43. The summed E-state index contributed by atoms with van der Waals surface area (Å²) in [5.41, 5.74) is 1.72. The van der Waals surface area contributed by atoms with E-state index in [-0.39, 0.29) is 0 Å². The lowest BCUT2D eigenvalue weighted by molar-refractivity contribution is 1.46. The van der Waals surface area contributed by atoms with E-state index in [0.717, 1.165) is 5.69 Å². The first-order chi connectivity index (χ1) is 6.28. The highest BCUT2D eigenvalue weighted by molar-refractivity contribution is 5.46. The third-order valence-electron chi connectivity index (χ3n) is 1.30. The number of hydrogen-bond acceptors (Lipinski definition) is 3. The molecule has 0 spiro atoms. The quantitative estimate of drug-likeness (QED) is 0.707. The van der Waals surface area contributed by atoms with Gasteiger partial charge in [0, 0.05) is 19.7 Å². The number of nitriles is 2. The molecule has 0 fully saturated rings. The Balaban J connectivity index is 0.000000424. The van der Waals surface area contributed by atoms with Gasteiger partial charge in [-0.05, 0) is 24.3 Å². The van der Waals surface area contributed by atoms with E-state index in [1.165, 1.54) is 6.92 Å². The summed E-state index contributed by atoms with van der Waals surface area (Å²) in [4.78, 5) is 0. The number of nitrogens with zero attached hydrogens (tertiary/aromatic N) is 2. The summed E-state index contributed by atoms with van der Waals surface area (Å²) < 4.78 is 0. The molecule has 0 saturated heterocycles. The van der Waals surface area contributed by atoms with E-state index < -0.39 is 0 Å². The zero-order valence-electron chi connectivity index (χ0n) is 7.70. The lowest BCUT2D eigenvalue weighted by atomic mass is 10.2. The van der Waals surface area contributed by atoms with E-state index in [0.29, 0.717) is 5.56 Å². The van der Waals surface area contributed by atoms with Crippen LogP contribution in [0.2, 0.25) is 0 Å². The molecule has 0 bridgehead atoms. The fourth-order valence-corrected chi connectivity index (χ4v) is 0.711. The Morgan fingerprint density at radius 1 is 1.15 bits per heavy atom. The molecule has 13 heavy (non-hydrogen) atoms. The van der Waals surface area contributed by atoms with Crippen molar-refractivity contribution < 1.29 is 0 Å². The first-order valence-corrected chi connectivity index (χ1v) is 3.77. The van der Waals surface area contributed by atoms with Gasteiger partial charge in [-0.15, -0.1) is 0 Å². The van der Waals surface area contributed by atoms with Gasteiger partial charge in [-0.2, -0.15) is 10.5 Å². The largest absolute Gasteiger partial charge is 0.388 e. The van der Waals surface area contributed by atoms with Crippen LogP contribution in [0.3, 0.4) is 0 Å². The van der Waals surface area contributed by atoms with Crippen molar-refractivity contribution in [1.82, 2.24) is 0 Å². The van der Waals surface area contributed by atoms with Gasteiger partial charge in [0.1, 0.15) is 0 Å². The normalized spacial score (nSPS) is 7.08. The molecule has 0 atom stereocenters. The molecule has 0 saturated carbocycles. The van der Waals surface area contributed by atoms with Crippen molar-refractivity contribution in [3.63, 3.8) is 0 Å². The minimum atomic E-state index is 0.694. The second-order valence-electron chi connectivity index (χ2n) is 2.16. The SMILES string of the molecule is CC#N.CNc1ccc(C#N)cc1. The van der Waals surface area contributed by atoms with E-state index in [1.807, 2.05) is 19.2 Å². The Labute approximate surface area is 78.2 Å². The summed E-state index contributed by atoms with van der Waals surface area (Å²) >= 11 is 0.